The highest BCUT2D eigenvalue weighted by Gasteiger charge is 1.91. The molecule has 0 saturated heterocycles. The summed E-state index contributed by atoms with van der Waals surface area (Å²) < 4.78 is 4.67. The van der Waals surface area contributed by atoms with Gasteiger partial charge in [0.05, 0.1) is 6.61 Å². The van der Waals surface area contributed by atoms with Gasteiger partial charge in [0.1, 0.15) is 6.73 Å². The van der Waals surface area contributed by atoms with Crippen molar-refractivity contribution in [2.24, 2.45) is 0 Å². The van der Waals surface area contributed by atoms with Gasteiger partial charge in [-0.3, -0.25) is 4.79 Å². The first-order valence-electron chi connectivity index (χ1n) is 9.06. The normalized spacial score (nSPS) is 8.10. The molecule has 0 aliphatic carbocycles. The average molecular weight is 420 g/mol. The number of carbonyl (C=O) groups is 3. The van der Waals surface area contributed by atoms with Crippen LogP contribution in [0.2, 0.25) is 0 Å². The summed E-state index contributed by atoms with van der Waals surface area (Å²) in [6.45, 7) is 16.9. The molecule has 0 unspecified atom stereocenters. The number of aliphatic hydroxyl groups is 1. The van der Waals surface area contributed by atoms with Crippen LogP contribution in [0.1, 0.15) is 32.3 Å². The molecule has 0 fully saturated rings. The number of benzene rings is 1. The zero-order chi connectivity index (χ0) is 23.8. The number of hydrogen-bond acceptors (Lipinski definition) is 5. The summed E-state index contributed by atoms with van der Waals surface area (Å²) in [4.78, 5) is 30.0. The average Bonchev–Trinajstić information content (AvgIpc) is 2.75. The van der Waals surface area contributed by atoms with Crippen LogP contribution in [0.15, 0.2) is 74.4 Å². The number of carboxylic acid groups (broad SMARTS) is 1. The van der Waals surface area contributed by atoms with E-state index in [1.165, 1.54) is 18.6 Å². The molecule has 7 nitrogen and oxygen atoms in total. The highest BCUT2D eigenvalue weighted by atomic mass is 16.5. The molecule has 0 aliphatic rings. The van der Waals surface area contributed by atoms with Gasteiger partial charge in [0.15, 0.2) is 0 Å². The molecule has 0 spiro atoms. The number of nitrogens with one attached hydrogen (secondary N) is 1. The van der Waals surface area contributed by atoms with E-state index in [4.69, 9.17) is 10.2 Å². The van der Waals surface area contributed by atoms with Gasteiger partial charge in [0.2, 0.25) is 5.91 Å². The molecule has 0 heterocycles. The second-order valence-electron chi connectivity index (χ2n) is 5.33. The maximum absolute atomic E-state index is 10.3. The molecule has 1 amide bonds. The van der Waals surface area contributed by atoms with Crippen LogP contribution in [0.3, 0.4) is 0 Å². The zero-order valence-corrected chi connectivity index (χ0v) is 17.8. The first-order chi connectivity index (χ1) is 14.2. The Hall–Kier alpha value is -3.45. The molecule has 7 heteroatoms. The second kappa shape index (κ2) is 23.6. The van der Waals surface area contributed by atoms with Crippen LogP contribution in [0.25, 0.3) is 6.08 Å². The summed E-state index contributed by atoms with van der Waals surface area (Å²) in [5.74, 6) is -1.62. The standard InChI is InChI=1S/C8H8.C7H12O2.C4H7NO2.C4H6O2/c1-2-8-6-4-3-5-7-8;1-3-5-6-9-7(8)4-2;1-2-4(7)5-3-6;1-3(2)4(5)6/h2-7H,1H2;4H,2-3,5-6H2,1H3;2,6H,1,3H2,(H,5,7);1H2,2H3,(H,5,6). The van der Waals surface area contributed by atoms with Gasteiger partial charge in [-0.2, -0.15) is 0 Å². The molecule has 1 aromatic carbocycles. The topological polar surface area (TPSA) is 113 Å². The van der Waals surface area contributed by atoms with E-state index >= 15 is 0 Å². The van der Waals surface area contributed by atoms with Gasteiger partial charge in [-0.15, -0.1) is 0 Å². The van der Waals surface area contributed by atoms with Crippen molar-refractivity contribution in [1.29, 1.82) is 0 Å². The monoisotopic (exact) mass is 419 g/mol. The van der Waals surface area contributed by atoms with E-state index in [-0.39, 0.29) is 24.2 Å². The molecule has 1 rings (SSSR count). The number of unbranched alkanes of at least 4 members (excludes halogenated alkanes) is 1. The van der Waals surface area contributed by atoms with E-state index in [2.05, 4.69) is 36.4 Å². The Balaban J connectivity index is -0.000000328. The third-order valence-electron chi connectivity index (χ3n) is 2.75. The quantitative estimate of drug-likeness (QED) is 0.256. The number of aliphatic hydroxyl groups excluding tert-OH is 1. The molecule has 0 saturated carbocycles. The molecule has 3 N–H and O–H groups in total. The molecule has 0 radical (unpaired) electrons. The summed E-state index contributed by atoms with van der Waals surface area (Å²) in [7, 11) is 0. The van der Waals surface area contributed by atoms with E-state index in [9.17, 15) is 14.4 Å². The van der Waals surface area contributed by atoms with Crippen LogP contribution in [0.4, 0.5) is 0 Å². The van der Waals surface area contributed by atoms with Crippen LogP contribution in [-0.4, -0.2) is 41.4 Å². The van der Waals surface area contributed by atoms with Gasteiger partial charge >= 0.3 is 11.9 Å². The van der Waals surface area contributed by atoms with E-state index in [0.717, 1.165) is 18.9 Å². The first kappa shape index (κ1) is 31.3. The summed E-state index contributed by atoms with van der Waals surface area (Å²) in [6.07, 6.45) is 6.08. The minimum absolute atomic E-state index is 0.176. The number of carbonyl (C=O) groups excluding carboxylic acids is 2. The Morgan fingerprint density at radius 1 is 1.10 bits per heavy atom. The van der Waals surface area contributed by atoms with E-state index in [1.807, 2.05) is 43.3 Å². The van der Waals surface area contributed by atoms with Crippen LogP contribution in [0.5, 0.6) is 0 Å². The fourth-order valence-electron chi connectivity index (χ4n) is 1.12. The van der Waals surface area contributed by atoms with E-state index in [0.29, 0.717) is 6.61 Å². The van der Waals surface area contributed by atoms with Crippen molar-refractivity contribution < 1.29 is 29.3 Å². The van der Waals surface area contributed by atoms with E-state index < -0.39 is 5.97 Å². The third kappa shape index (κ3) is 26.8. The van der Waals surface area contributed by atoms with Crippen LogP contribution in [0, 0.1) is 0 Å². The third-order valence-corrected chi connectivity index (χ3v) is 2.75. The minimum Gasteiger partial charge on any atom is -0.478 e. The molecule has 0 aliphatic heterocycles. The molecule has 166 valence electrons. The fourth-order valence-corrected chi connectivity index (χ4v) is 1.12. The first-order valence-corrected chi connectivity index (χ1v) is 9.06. The lowest BCUT2D eigenvalue weighted by Gasteiger charge is -1.97. The predicted molar refractivity (Wildman–Crippen MR) is 120 cm³/mol. The number of aliphatic carboxylic acids is 1. The Morgan fingerprint density at radius 2 is 1.63 bits per heavy atom. The number of esters is 1. The second-order valence-corrected chi connectivity index (χ2v) is 5.33. The van der Waals surface area contributed by atoms with Crippen molar-refractivity contribution in [3.05, 3.63) is 79.9 Å². The number of amides is 1. The van der Waals surface area contributed by atoms with Gasteiger partial charge in [-0.05, 0) is 25.0 Å². The molecule has 0 atom stereocenters. The minimum atomic E-state index is -0.935. The predicted octanol–water partition coefficient (Wildman–Crippen LogP) is 3.73. The Kier molecular flexibility index (Phi) is 24.6. The number of hydrogen-bond donors (Lipinski definition) is 3. The summed E-state index contributed by atoms with van der Waals surface area (Å²) >= 11 is 0. The van der Waals surface area contributed by atoms with Crippen molar-refractivity contribution >= 4 is 23.9 Å². The number of ether oxygens (including phenoxy) is 1. The molecular weight excluding hydrogens is 386 g/mol. The van der Waals surface area contributed by atoms with Crippen molar-refractivity contribution in [1.82, 2.24) is 5.32 Å². The lowest BCUT2D eigenvalue weighted by atomic mass is 10.2. The fraction of sp³-hybridized carbons (Fsp3) is 0.261. The van der Waals surface area contributed by atoms with Gasteiger partial charge < -0.3 is 20.3 Å². The summed E-state index contributed by atoms with van der Waals surface area (Å²) in [5, 5.41) is 18.0. The summed E-state index contributed by atoms with van der Waals surface area (Å²) in [5.41, 5.74) is 1.35. The Bertz CT molecular complexity index is 641. The lowest BCUT2D eigenvalue weighted by Crippen LogP contribution is -2.20. The maximum Gasteiger partial charge on any atom is 0.330 e. The Labute approximate surface area is 179 Å². The van der Waals surface area contributed by atoms with Crippen LogP contribution in [-0.2, 0) is 19.1 Å². The van der Waals surface area contributed by atoms with Crippen molar-refractivity contribution in [2.45, 2.75) is 26.7 Å². The molecule has 0 bridgehead atoms. The van der Waals surface area contributed by atoms with Gasteiger partial charge in [-0.1, -0.05) is 76.1 Å². The SMILES string of the molecule is C=C(C)C(=O)O.C=CC(=O)NCO.C=CC(=O)OCCCC.C=Cc1ccccc1. The van der Waals surface area contributed by atoms with Gasteiger partial charge in [0, 0.05) is 11.6 Å². The van der Waals surface area contributed by atoms with Gasteiger partial charge in [0.25, 0.3) is 0 Å². The van der Waals surface area contributed by atoms with Crippen molar-refractivity contribution in [3.8, 4) is 0 Å². The highest BCUT2D eigenvalue weighted by molar-refractivity contribution is 5.86. The molecule has 0 aromatic heterocycles. The maximum atomic E-state index is 10.3. The van der Waals surface area contributed by atoms with Crippen LogP contribution >= 0.6 is 0 Å². The van der Waals surface area contributed by atoms with Crippen LogP contribution < -0.4 is 5.32 Å². The highest BCUT2D eigenvalue weighted by Crippen LogP contribution is 1.97. The number of rotatable bonds is 8. The van der Waals surface area contributed by atoms with Gasteiger partial charge in [-0.25, -0.2) is 9.59 Å². The molecule has 30 heavy (non-hydrogen) atoms. The van der Waals surface area contributed by atoms with E-state index in [1.54, 1.807) is 0 Å². The molecular formula is C23H33NO6. The van der Waals surface area contributed by atoms with Crippen molar-refractivity contribution in [3.63, 3.8) is 0 Å². The Morgan fingerprint density at radius 3 is 1.90 bits per heavy atom. The smallest absolute Gasteiger partial charge is 0.330 e. The zero-order valence-electron chi connectivity index (χ0n) is 17.8. The van der Waals surface area contributed by atoms with Crippen molar-refractivity contribution in [2.75, 3.05) is 13.3 Å². The lowest BCUT2D eigenvalue weighted by molar-refractivity contribution is -0.138. The largest absolute Gasteiger partial charge is 0.478 e. The summed E-state index contributed by atoms with van der Waals surface area (Å²) in [6, 6.07) is 10.0. The number of carboxylic acids is 1. The molecule has 1 aromatic rings.